The molecule has 0 radical (unpaired) electrons. The molecule has 0 aromatic heterocycles. The third-order valence-electron chi connectivity index (χ3n) is 1.94. The number of carbonyl (C=O) groups is 2. The summed E-state index contributed by atoms with van der Waals surface area (Å²) in [5.41, 5.74) is 0. The average Bonchev–Trinajstić information content (AvgIpc) is 2.11. The summed E-state index contributed by atoms with van der Waals surface area (Å²) in [6.07, 6.45) is -0.0336. The molecule has 2 atom stereocenters. The fraction of sp³-hybridized carbons (Fsp3) is 0.750. The second-order valence-electron chi connectivity index (χ2n) is 2.84. The lowest BCUT2D eigenvalue weighted by molar-refractivity contribution is -0.140. The van der Waals surface area contributed by atoms with Crippen molar-refractivity contribution in [2.75, 3.05) is 7.11 Å². The van der Waals surface area contributed by atoms with Crippen molar-refractivity contribution >= 4 is 12.1 Å². The minimum Gasteiger partial charge on any atom is -0.480 e. The highest BCUT2D eigenvalue weighted by atomic mass is 16.5. The predicted molar refractivity (Wildman–Crippen MR) is 46.4 cm³/mol. The van der Waals surface area contributed by atoms with Crippen molar-refractivity contribution in [3.05, 3.63) is 0 Å². The molecule has 5 heteroatoms. The number of carboxylic acid groups (broad SMARTS) is 1. The van der Waals surface area contributed by atoms with Crippen LogP contribution in [0.1, 0.15) is 20.3 Å². The molecular formula is C8H15NO4. The second-order valence-corrected chi connectivity index (χ2v) is 2.84. The first kappa shape index (κ1) is 11.7. The Morgan fingerprint density at radius 2 is 2.08 bits per heavy atom. The van der Waals surface area contributed by atoms with Crippen LogP contribution in [-0.2, 0) is 9.53 Å². The number of carbonyl (C=O) groups excluding carboxylic acids is 1. The molecule has 13 heavy (non-hydrogen) atoms. The van der Waals surface area contributed by atoms with Crippen molar-refractivity contribution in [1.29, 1.82) is 0 Å². The van der Waals surface area contributed by atoms with E-state index in [2.05, 4.69) is 10.1 Å². The maximum Gasteiger partial charge on any atom is 0.407 e. The van der Waals surface area contributed by atoms with E-state index in [0.717, 1.165) is 0 Å². The molecule has 0 rings (SSSR count). The molecule has 0 spiro atoms. The number of alkyl carbamates (subject to hydrolysis) is 1. The quantitative estimate of drug-likeness (QED) is 0.687. The van der Waals surface area contributed by atoms with Gasteiger partial charge in [0.15, 0.2) is 0 Å². The van der Waals surface area contributed by atoms with Crippen molar-refractivity contribution in [3.63, 3.8) is 0 Å². The first-order chi connectivity index (χ1) is 6.02. The second kappa shape index (κ2) is 5.40. The molecule has 0 aliphatic carbocycles. The van der Waals surface area contributed by atoms with Gasteiger partial charge >= 0.3 is 12.1 Å². The summed E-state index contributed by atoms with van der Waals surface area (Å²) in [6, 6.07) is -0.877. The number of nitrogens with one attached hydrogen (secondary N) is 1. The van der Waals surface area contributed by atoms with E-state index in [4.69, 9.17) is 5.11 Å². The number of aliphatic carboxylic acids is 1. The minimum atomic E-state index is -1.04. The summed E-state index contributed by atoms with van der Waals surface area (Å²) in [5.74, 6) is -1.16. The van der Waals surface area contributed by atoms with Gasteiger partial charge in [-0.15, -0.1) is 0 Å². The number of hydrogen-bond donors (Lipinski definition) is 2. The van der Waals surface area contributed by atoms with Gasteiger partial charge in [-0.2, -0.15) is 0 Å². The van der Waals surface area contributed by atoms with Crippen molar-refractivity contribution < 1.29 is 19.4 Å². The molecule has 0 aliphatic heterocycles. The molecule has 1 amide bonds. The highest BCUT2D eigenvalue weighted by Crippen LogP contribution is 2.07. The Morgan fingerprint density at radius 1 is 1.54 bits per heavy atom. The normalized spacial score (nSPS) is 14.4. The number of hydrogen-bond acceptors (Lipinski definition) is 3. The topological polar surface area (TPSA) is 75.6 Å². The Hall–Kier alpha value is -1.26. The van der Waals surface area contributed by atoms with Crippen LogP contribution in [0.3, 0.4) is 0 Å². The predicted octanol–water partition coefficient (Wildman–Crippen LogP) is 0.842. The molecule has 2 N–H and O–H groups in total. The van der Waals surface area contributed by atoms with Crippen LogP contribution in [0.2, 0.25) is 0 Å². The molecule has 0 aromatic rings. The maximum atomic E-state index is 10.8. The third kappa shape index (κ3) is 3.78. The van der Waals surface area contributed by atoms with Crippen LogP contribution in [0.5, 0.6) is 0 Å². The van der Waals surface area contributed by atoms with Crippen molar-refractivity contribution in [3.8, 4) is 0 Å². The van der Waals surface area contributed by atoms with E-state index < -0.39 is 18.1 Å². The van der Waals surface area contributed by atoms with Gasteiger partial charge in [0.2, 0.25) is 0 Å². The van der Waals surface area contributed by atoms with E-state index in [1.54, 1.807) is 6.92 Å². The Balaban J connectivity index is 4.26. The van der Waals surface area contributed by atoms with Crippen molar-refractivity contribution in [2.24, 2.45) is 5.92 Å². The zero-order chi connectivity index (χ0) is 10.4. The van der Waals surface area contributed by atoms with Gasteiger partial charge in [-0.05, 0) is 5.92 Å². The van der Waals surface area contributed by atoms with Gasteiger partial charge in [-0.3, -0.25) is 0 Å². The van der Waals surface area contributed by atoms with E-state index in [-0.39, 0.29) is 5.92 Å². The number of methoxy groups -OCH3 is 1. The van der Waals surface area contributed by atoms with E-state index in [1.807, 2.05) is 6.92 Å². The number of amides is 1. The summed E-state index contributed by atoms with van der Waals surface area (Å²) in [7, 11) is 1.20. The van der Waals surface area contributed by atoms with Gasteiger partial charge in [0, 0.05) is 0 Å². The maximum absolute atomic E-state index is 10.8. The molecule has 0 heterocycles. The Morgan fingerprint density at radius 3 is 2.38 bits per heavy atom. The molecule has 0 saturated heterocycles. The Kier molecular flexibility index (Phi) is 4.87. The minimum absolute atomic E-state index is 0.114. The van der Waals surface area contributed by atoms with Gasteiger partial charge in [-0.25, -0.2) is 9.59 Å². The van der Waals surface area contributed by atoms with Crippen LogP contribution in [0, 0.1) is 5.92 Å². The van der Waals surface area contributed by atoms with Gasteiger partial charge in [-0.1, -0.05) is 20.3 Å². The van der Waals surface area contributed by atoms with E-state index in [1.165, 1.54) is 7.11 Å². The largest absolute Gasteiger partial charge is 0.480 e. The zero-order valence-corrected chi connectivity index (χ0v) is 8.03. The number of ether oxygens (including phenoxy) is 1. The lowest BCUT2D eigenvalue weighted by atomic mass is 10.00. The molecule has 0 aliphatic rings. The molecule has 76 valence electrons. The molecule has 0 aromatic carbocycles. The summed E-state index contributed by atoms with van der Waals surface area (Å²) >= 11 is 0. The monoisotopic (exact) mass is 189 g/mol. The lowest BCUT2D eigenvalue weighted by Gasteiger charge is -2.18. The average molecular weight is 189 g/mol. The summed E-state index contributed by atoms with van der Waals surface area (Å²) in [6.45, 7) is 3.62. The molecule has 0 fully saturated rings. The van der Waals surface area contributed by atoms with Gasteiger partial charge in [0.05, 0.1) is 7.11 Å². The molecule has 1 unspecified atom stereocenters. The van der Waals surface area contributed by atoms with Crippen molar-refractivity contribution in [2.45, 2.75) is 26.3 Å². The summed E-state index contributed by atoms with van der Waals surface area (Å²) in [4.78, 5) is 21.4. The van der Waals surface area contributed by atoms with E-state index >= 15 is 0 Å². The Bertz CT molecular complexity index is 193. The summed E-state index contributed by atoms with van der Waals surface area (Å²) < 4.78 is 4.31. The fourth-order valence-electron chi connectivity index (χ4n) is 0.869. The van der Waals surface area contributed by atoms with E-state index in [0.29, 0.717) is 6.42 Å². The highest BCUT2D eigenvalue weighted by Gasteiger charge is 2.25. The number of rotatable bonds is 4. The van der Waals surface area contributed by atoms with Crippen LogP contribution >= 0.6 is 0 Å². The molecule has 0 bridgehead atoms. The van der Waals surface area contributed by atoms with Crippen molar-refractivity contribution in [1.82, 2.24) is 5.32 Å². The van der Waals surface area contributed by atoms with E-state index in [9.17, 15) is 9.59 Å². The third-order valence-corrected chi connectivity index (χ3v) is 1.94. The fourth-order valence-corrected chi connectivity index (χ4v) is 0.869. The summed E-state index contributed by atoms with van der Waals surface area (Å²) in [5, 5.41) is 11.0. The Labute approximate surface area is 77.1 Å². The van der Waals surface area contributed by atoms with Crippen LogP contribution in [0.15, 0.2) is 0 Å². The van der Waals surface area contributed by atoms with Crippen LogP contribution in [0.25, 0.3) is 0 Å². The van der Waals surface area contributed by atoms with Crippen LogP contribution < -0.4 is 5.32 Å². The van der Waals surface area contributed by atoms with Gasteiger partial charge in [0.1, 0.15) is 6.04 Å². The SMILES string of the molecule is CC[C@H](C)C(NC(=O)OC)C(=O)O. The molecule has 5 nitrogen and oxygen atoms in total. The van der Waals surface area contributed by atoms with Crippen LogP contribution in [-0.4, -0.2) is 30.3 Å². The lowest BCUT2D eigenvalue weighted by Crippen LogP contribution is -2.44. The van der Waals surface area contributed by atoms with Gasteiger partial charge < -0.3 is 15.2 Å². The number of carboxylic acids is 1. The standard InChI is InChI=1S/C8H15NO4/c1-4-5(2)6(7(10)11)9-8(12)13-3/h5-6H,4H2,1-3H3,(H,9,12)(H,10,11)/t5-,6?/m0/s1. The molecule has 0 saturated carbocycles. The first-order valence-electron chi connectivity index (χ1n) is 4.10. The van der Waals surface area contributed by atoms with Crippen LogP contribution in [0.4, 0.5) is 4.79 Å². The van der Waals surface area contributed by atoms with Gasteiger partial charge in [0.25, 0.3) is 0 Å². The molecular weight excluding hydrogens is 174 g/mol. The first-order valence-corrected chi connectivity index (χ1v) is 4.10. The zero-order valence-electron chi connectivity index (χ0n) is 8.03. The highest BCUT2D eigenvalue weighted by molar-refractivity contribution is 5.80. The smallest absolute Gasteiger partial charge is 0.407 e.